The van der Waals surface area contributed by atoms with E-state index < -0.39 is 0 Å². The minimum Gasteiger partial charge on any atom is -0.364 e. The zero-order chi connectivity index (χ0) is 11.0. The second-order valence-electron chi connectivity index (χ2n) is 3.85. The van der Waals surface area contributed by atoms with E-state index in [0.29, 0.717) is 13.0 Å². The highest BCUT2D eigenvalue weighted by molar-refractivity contribution is 5.80. The molecule has 0 aromatic carbocycles. The second-order valence-corrected chi connectivity index (χ2v) is 3.85. The fourth-order valence-electron chi connectivity index (χ4n) is 2.17. The van der Waals surface area contributed by atoms with E-state index in [9.17, 15) is 4.79 Å². The van der Waals surface area contributed by atoms with Crippen molar-refractivity contribution in [3.8, 4) is 0 Å². The van der Waals surface area contributed by atoms with Gasteiger partial charge in [-0.2, -0.15) is 0 Å². The highest BCUT2D eigenvalue weighted by Gasteiger charge is 2.39. The van der Waals surface area contributed by atoms with Crippen molar-refractivity contribution in [1.82, 2.24) is 10.1 Å². The Hall–Kier alpha value is -1.36. The van der Waals surface area contributed by atoms with E-state index in [4.69, 9.17) is 10.3 Å². The van der Waals surface area contributed by atoms with Gasteiger partial charge in [0.1, 0.15) is 6.26 Å². The molecule has 1 saturated heterocycles. The van der Waals surface area contributed by atoms with E-state index in [0.717, 1.165) is 11.3 Å². The molecule has 0 spiro atoms. The van der Waals surface area contributed by atoms with Gasteiger partial charge in [0.15, 0.2) is 0 Å². The third kappa shape index (κ3) is 1.52. The van der Waals surface area contributed by atoms with Crippen molar-refractivity contribution >= 4 is 5.91 Å². The van der Waals surface area contributed by atoms with Crippen LogP contribution in [0.3, 0.4) is 0 Å². The van der Waals surface area contributed by atoms with Crippen LogP contribution in [0.15, 0.2) is 10.8 Å². The van der Waals surface area contributed by atoms with Gasteiger partial charge in [-0.05, 0) is 13.8 Å². The maximum atomic E-state index is 11.6. The van der Waals surface area contributed by atoms with Gasteiger partial charge in [-0.15, -0.1) is 0 Å². The van der Waals surface area contributed by atoms with E-state index in [1.165, 1.54) is 0 Å². The number of nitrogens with zero attached hydrogens (tertiary/aromatic N) is 2. The summed E-state index contributed by atoms with van der Waals surface area (Å²) in [6.45, 7) is 4.48. The maximum absolute atomic E-state index is 11.6. The summed E-state index contributed by atoms with van der Waals surface area (Å²) in [4.78, 5) is 13.4. The zero-order valence-electron chi connectivity index (χ0n) is 8.93. The Morgan fingerprint density at radius 2 is 2.47 bits per heavy atom. The fraction of sp³-hybridized carbons (Fsp3) is 0.600. The number of likely N-dealkylation sites (N-methyl/N-ethyl adjacent to an activating group) is 1. The Labute approximate surface area is 88.2 Å². The van der Waals surface area contributed by atoms with Crippen molar-refractivity contribution in [1.29, 1.82) is 0 Å². The summed E-state index contributed by atoms with van der Waals surface area (Å²) < 4.78 is 4.89. The van der Waals surface area contributed by atoms with E-state index in [2.05, 4.69) is 5.16 Å². The Bertz CT molecular complexity index is 374. The van der Waals surface area contributed by atoms with Gasteiger partial charge in [0.25, 0.3) is 0 Å². The lowest BCUT2D eigenvalue weighted by Gasteiger charge is -2.24. The molecule has 5 nitrogen and oxygen atoms in total. The van der Waals surface area contributed by atoms with Crippen LogP contribution < -0.4 is 5.73 Å². The van der Waals surface area contributed by atoms with Crippen LogP contribution in [-0.2, 0) is 4.79 Å². The van der Waals surface area contributed by atoms with Gasteiger partial charge < -0.3 is 15.2 Å². The maximum Gasteiger partial charge on any atom is 0.224 e. The molecule has 15 heavy (non-hydrogen) atoms. The number of hydrogen-bond acceptors (Lipinski definition) is 4. The minimum absolute atomic E-state index is 0.0752. The first-order chi connectivity index (χ1) is 7.15. The van der Waals surface area contributed by atoms with Crippen LogP contribution in [0.4, 0.5) is 0 Å². The predicted octanol–water partition coefficient (Wildman–Crippen LogP) is 0.604. The Morgan fingerprint density at radius 3 is 3.00 bits per heavy atom. The molecular weight excluding hydrogens is 194 g/mol. The standard InChI is InChI=1S/C10H15N3O2/c1-3-13-9(14)4-8(11)10(13)7-5-15-12-6(7)2/h5,8,10H,3-4,11H2,1-2H3/t8-,10+/m0/s1. The minimum atomic E-state index is -0.157. The van der Waals surface area contributed by atoms with Gasteiger partial charge in [0.2, 0.25) is 5.91 Å². The second kappa shape index (κ2) is 3.66. The molecule has 5 heteroatoms. The monoisotopic (exact) mass is 209 g/mol. The highest BCUT2D eigenvalue weighted by Crippen LogP contribution is 2.32. The molecule has 2 N–H and O–H groups in total. The summed E-state index contributed by atoms with van der Waals surface area (Å²) in [7, 11) is 0. The number of aryl methyl sites for hydroxylation is 1. The number of amides is 1. The smallest absolute Gasteiger partial charge is 0.224 e. The number of carbonyl (C=O) groups is 1. The summed E-state index contributed by atoms with van der Waals surface area (Å²) in [6, 6.07) is -0.232. The van der Waals surface area contributed by atoms with Crippen LogP contribution in [0.5, 0.6) is 0 Å². The molecule has 0 saturated carbocycles. The van der Waals surface area contributed by atoms with Crippen molar-refractivity contribution in [2.45, 2.75) is 32.4 Å². The zero-order valence-corrected chi connectivity index (χ0v) is 8.93. The van der Waals surface area contributed by atoms with Crippen molar-refractivity contribution < 1.29 is 9.32 Å². The largest absolute Gasteiger partial charge is 0.364 e. The lowest BCUT2D eigenvalue weighted by atomic mass is 10.0. The van der Waals surface area contributed by atoms with Crippen LogP contribution in [0.25, 0.3) is 0 Å². The highest BCUT2D eigenvalue weighted by atomic mass is 16.5. The molecule has 0 radical (unpaired) electrons. The molecule has 2 rings (SSSR count). The van der Waals surface area contributed by atoms with Gasteiger partial charge in [0.05, 0.1) is 11.7 Å². The molecule has 1 aliphatic heterocycles. The van der Waals surface area contributed by atoms with Gasteiger partial charge in [-0.3, -0.25) is 4.79 Å². The van der Waals surface area contributed by atoms with Gasteiger partial charge in [0, 0.05) is 24.6 Å². The predicted molar refractivity (Wildman–Crippen MR) is 54.0 cm³/mol. The number of nitrogens with two attached hydrogens (primary N) is 1. The quantitative estimate of drug-likeness (QED) is 0.774. The van der Waals surface area contributed by atoms with Crippen LogP contribution in [0.2, 0.25) is 0 Å². The lowest BCUT2D eigenvalue weighted by molar-refractivity contribution is -0.128. The average molecular weight is 209 g/mol. The molecular formula is C10H15N3O2. The Morgan fingerprint density at radius 1 is 1.73 bits per heavy atom. The summed E-state index contributed by atoms with van der Waals surface area (Å²) >= 11 is 0. The van der Waals surface area contributed by atoms with E-state index in [1.54, 1.807) is 11.2 Å². The number of rotatable bonds is 2. The third-order valence-electron chi connectivity index (χ3n) is 2.92. The first-order valence-electron chi connectivity index (χ1n) is 5.11. The average Bonchev–Trinajstić information content (AvgIpc) is 2.70. The molecule has 0 unspecified atom stereocenters. The molecule has 1 aromatic rings. The normalized spacial score (nSPS) is 26.3. The number of aromatic nitrogens is 1. The van der Waals surface area contributed by atoms with Crippen LogP contribution in [0.1, 0.15) is 30.6 Å². The van der Waals surface area contributed by atoms with Crippen LogP contribution >= 0.6 is 0 Å². The van der Waals surface area contributed by atoms with Crippen LogP contribution in [0, 0.1) is 6.92 Å². The first-order valence-corrected chi connectivity index (χ1v) is 5.11. The van der Waals surface area contributed by atoms with E-state index in [-0.39, 0.29) is 18.0 Å². The van der Waals surface area contributed by atoms with E-state index >= 15 is 0 Å². The number of likely N-dealkylation sites (tertiary alicyclic amines) is 1. The van der Waals surface area contributed by atoms with Gasteiger partial charge in [-0.25, -0.2) is 0 Å². The van der Waals surface area contributed by atoms with E-state index in [1.807, 2.05) is 13.8 Å². The molecule has 1 amide bonds. The number of hydrogen-bond donors (Lipinski definition) is 1. The molecule has 1 aliphatic rings. The third-order valence-corrected chi connectivity index (χ3v) is 2.92. The van der Waals surface area contributed by atoms with Gasteiger partial charge in [-0.1, -0.05) is 5.16 Å². The summed E-state index contributed by atoms with van der Waals surface area (Å²) in [5.74, 6) is 0.107. The number of carbonyl (C=O) groups excluding carboxylic acids is 1. The van der Waals surface area contributed by atoms with Crippen LogP contribution in [-0.4, -0.2) is 28.6 Å². The molecule has 1 aromatic heterocycles. The molecule has 1 fully saturated rings. The van der Waals surface area contributed by atoms with Crippen molar-refractivity contribution in [3.05, 3.63) is 17.5 Å². The van der Waals surface area contributed by atoms with Crippen molar-refractivity contribution in [3.63, 3.8) is 0 Å². The lowest BCUT2D eigenvalue weighted by Crippen LogP contribution is -2.33. The fourth-order valence-corrected chi connectivity index (χ4v) is 2.17. The summed E-state index contributed by atoms with van der Waals surface area (Å²) in [6.07, 6.45) is 1.99. The summed E-state index contributed by atoms with van der Waals surface area (Å²) in [5.41, 5.74) is 7.70. The van der Waals surface area contributed by atoms with Crippen molar-refractivity contribution in [2.75, 3.05) is 6.54 Å². The molecule has 82 valence electrons. The summed E-state index contributed by atoms with van der Waals surface area (Å²) in [5, 5.41) is 3.82. The Balaban J connectivity index is 2.35. The first kappa shape index (κ1) is 10.2. The molecule has 0 aliphatic carbocycles. The Kier molecular flexibility index (Phi) is 2.48. The van der Waals surface area contributed by atoms with Crippen molar-refractivity contribution in [2.24, 2.45) is 5.73 Å². The van der Waals surface area contributed by atoms with Gasteiger partial charge >= 0.3 is 0 Å². The topological polar surface area (TPSA) is 72.4 Å². The SMILES string of the molecule is CCN1C(=O)C[C@H](N)[C@H]1c1conc1C. The molecule has 2 atom stereocenters. The molecule has 2 heterocycles. The molecule has 0 bridgehead atoms.